The second-order valence-corrected chi connectivity index (χ2v) is 3.95. The van der Waals surface area contributed by atoms with E-state index in [-0.39, 0.29) is 11.9 Å². The SMILES string of the molecule is CCOC(=O)[C@@H]1Cc2cccnc2[C@H](O)C1. The molecule has 0 amide bonds. The highest BCUT2D eigenvalue weighted by Gasteiger charge is 2.31. The maximum atomic E-state index is 11.6. The molecule has 1 aromatic rings. The number of esters is 1. The molecule has 86 valence electrons. The van der Waals surface area contributed by atoms with Crippen molar-refractivity contribution in [3.8, 4) is 0 Å². The number of carbonyl (C=O) groups is 1. The Labute approximate surface area is 94.3 Å². The number of nitrogens with zero attached hydrogens (tertiary/aromatic N) is 1. The Morgan fingerprint density at radius 3 is 3.25 bits per heavy atom. The van der Waals surface area contributed by atoms with E-state index in [1.165, 1.54) is 0 Å². The molecular weight excluding hydrogens is 206 g/mol. The fourth-order valence-electron chi connectivity index (χ4n) is 2.09. The predicted octanol–water partition coefficient (Wildman–Crippen LogP) is 1.24. The van der Waals surface area contributed by atoms with Crippen molar-refractivity contribution < 1.29 is 14.6 Å². The van der Waals surface area contributed by atoms with Crippen LogP contribution in [0.25, 0.3) is 0 Å². The Kier molecular flexibility index (Phi) is 3.19. The summed E-state index contributed by atoms with van der Waals surface area (Å²) < 4.78 is 4.97. The highest BCUT2D eigenvalue weighted by atomic mass is 16.5. The molecule has 16 heavy (non-hydrogen) atoms. The third-order valence-corrected chi connectivity index (χ3v) is 2.84. The zero-order valence-corrected chi connectivity index (χ0v) is 9.22. The Balaban J connectivity index is 2.18. The van der Waals surface area contributed by atoms with E-state index >= 15 is 0 Å². The molecule has 4 heteroatoms. The molecule has 0 aromatic carbocycles. The number of rotatable bonds is 2. The van der Waals surface area contributed by atoms with E-state index in [1.54, 1.807) is 13.1 Å². The summed E-state index contributed by atoms with van der Waals surface area (Å²) >= 11 is 0. The summed E-state index contributed by atoms with van der Waals surface area (Å²) in [7, 11) is 0. The van der Waals surface area contributed by atoms with Gasteiger partial charge in [-0.15, -0.1) is 0 Å². The molecular formula is C12H15NO3. The first-order chi connectivity index (χ1) is 7.72. The molecule has 0 bridgehead atoms. The van der Waals surface area contributed by atoms with Crippen LogP contribution in [0.2, 0.25) is 0 Å². The minimum absolute atomic E-state index is 0.226. The lowest BCUT2D eigenvalue weighted by Crippen LogP contribution is -2.27. The van der Waals surface area contributed by atoms with Crippen LogP contribution in [0, 0.1) is 5.92 Å². The predicted molar refractivity (Wildman–Crippen MR) is 57.6 cm³/mol. The Morgan fingerprint density at radius 2 is 2.50 bits per heavy atom. The van der Waals surface area contributed by atoms with E-state index in [2.05, 4.69) is 4.98 Å². The van der Waals surface area contributed by atoms with Crippen molar-refractivity contribution in [3.05, 3.63) is 29.6 Å². The molecule has 2 atom stereocenters. The number of pyridine rings is 1. The van der Waals surface area contributed by atoms with Gasteiger partial charge in [0.25, 0.3) is 0 Å². The average Bonchev–Trinajstić information content (AvgIpc) is 2.29. The third-order valence-electron chi connectivity index (χ3n) is 2.84. The Morgan fingerprint density at radius 1 is 1.69 bits per heavy atom. The first-order valence-electron chi connectivity index (χ1n) is 5.51. The number of ether oxygens (including phenoxy) is 1. The van der Waals surface area contributed by atoms with E-state index in [9.17, 15) is 9.90 Å². The van der Waals surface area contributed by atoms with Crippen LogP contribution in [-0.2, 0) is 16.0 Å². The van der Waals surface area contributed by atoms with E-state index in [0.717, 1.165) is 5.56 Å². The highest BCUT2D eigenvalue weighted by Crippen LogP contribution is 2.32. The molecule has 0 spiro atoms. The lowest BCUT2D eigenvalue weighted by atomic mass is 9.85. The Hall–Kier alpha value is -1.42. The van der Waals surface area contributed by atoms with Crippen LogP contribution < -0.4 is 0 Å². The van der Waals surface area contributed by atoms with Gasteiger partial charge in [0.15, 0.2) is 0 Å². The fourth-order valence-corrected chi connectivity index (χ4v) is 2.09. The van der Waals surface area contributed by atoms with Crippen molar-refractivity contribution in [2.45, 2.75) is 25.9 Å². The lowest BCUT2D eigenvalue weighted by molar-refractivity contribution is -0.149. The van der Waals surface area contributed by atoms with E-state index < -0.39 is 6.10 Å². The smallest absolute Gasteiger partial charge is 0.309 e. The summed E-state index contributed by atoms with van der Waals surface area (Å²) in [6.45, 7) is 2.16. The normalized spacial score (nSPS) is 23.6. The molecule has 1 aliphatic rings. The molecule has 1 N–H and O–H groups in total. The molecule has 0 saturated heterocycles. The van der Waals surface area contributed by atoms with Crippen LogP contribution in [0.15, 0.2) is 18.3 Å². The number of aliphatic hydroxyl groups excluding tert-OH is 1. The van der Waals surface area contributed by atoms with Crippen molar-refractivity contribution in [1.29, 1.82) is 0 Å². The molecule has 1 heterocycles. The number of aromatic nitrogens is 1. The van der Waals surface area contributed by atoms with E-state index in [4.69, 9.17) is 4.74 Å². The lowest BCUT2D eigenvalue weighted by Gasteiger charge is -2.26. The van der Waals surface area contributed by atoms with Gasteiger partial charge in [0.05, 0.1) is 24.3 Å². The third kappa shape index (κ3) is 2.07. The molecule has 1 aliphatic carbocycles. The first-order valence-corrected chi connectivity index (χ1v) is 5.51. The minimum Gasteiger partial charge on any atom is -0.466 e. The standard InChI is InChI=1S/C12H15NO3/c1-2-16-12(15)9-6-8-4-3-5-13-11(8)10(14)7-9/h3-5,9-10,14H,2,6-7H2,1H3/t9-,10-/m1/s1. The second kappa shape index (κ2) is 4.61. The summed E-state index contributed by atoms with van der Waals surface area (Å²) in [5.74, 6) is -0.470. The largest absolute Gasteiger partial charge is 0.466 e. The van der Waals surface area contributed by atoms with Crippen molar-refractivity contribution in [2.75, 3.05) is 6.61 Å². The Bertz CT molecular complexity index is 392. The van der Waals surface area contributed by atoms with Gasteiger partial charge in [0.2, 0.25) is 0 Å². The molecule has 0 saturated carbocycles. The number of carbonyl (C=O) groups excluding carboxylic acids is 1. The van der Waals surface area contributed by atoms with Crippen LogP contribution in [0.4, 0.5) is 0 Å². The van der Waals surface area contributed by atoms with Gasteiger partial charge < -0.3 is 9.84 Å². The summed E-state index contributed by atoms with van der Waals surface area (Å²) in [5.41, 5.74) is 1.64. The first kappa shape index (κ1) is 11.1. The molecule has 0 fully saturated rings. The molecule has 0 aliphatic heterocycles. The number of hydrogen-bond donors (Lipinski definition) is 1. The fraction of sp³-hybridized carbons (Fsp3) is 0.500. The van der Waals surface area contributed by atoms with Crippen LogP contribution >= 0.6 is 0 Å². The van der Waals surface area contributed by atoms with E-state index in [1.807, 2.05) is 12.1 Å². The monoisotopic (exact) mass is 221 g/mol. The zero-order chi connectivity index (χ0) is 11.5. The summed E-state index contributed by atoms with van der Waals surface area (Å²) in [6.07, 6.45) is 2.02. The van der Waals surface area contributed by atoms with Crippen LogP contribution in [0.5, 0.6) is 0 Å². The minimum atomic E-state index is -0.653. The van der Waals surface area contributed by atoms with Gasteiger partial charge in [-0.25, -0.2) is 0 Å². The van der Waals surface area contributed by atoms with E-state index in [0.29, 0.717) is 25.1 Å². The van der Waals surface area contributed by atoms with Gasteiger partial charge >= 0.3 is 5.97 Å². The van der Waals surface area contributed by atoms with Gasteiger partial charge in [-0.3, -0.25) is 9.78 Å². The van der Waals surface area contributed by atoms with Crippen molar-refractivity contribution in [3.63, 3.8) is 0 Å². The van der Waals surface area contributed by atoms with Crippen molar-refractivity contribution >= 4 is 5.97 Å². The maximum absolute atomic E-state index is 11.6. The van der Waals surface area contributed by atoms with Gasteiger partial charge in [0, 0.05) is 6.20 Å². The van der Waals surface area contributed by atoms with Crippen molar-refractivity contribution in [2.24, 2.45) is 5.92 Å². The number of hydrogen-bond acceptors (Lipinski definition) is 4. The molecule has 4 nitrogen and oxygen atoms in total. The topological polar surface area (TPSA) is 59.4 Å². The van der Waals surface area contributed by atoms with Gasteiger partial charge in [-0.05, 0) is 31.4 Å². The van der Waals surface area contributed by atoms with Crippen LogP contribution in [0.3, 0.4) is 0 Å². The zero-order valence-electron chi connectivity index (χ0n) is 9.22. The maximum Gasteiger partial charge on any atom is 0.309 e. The summed E-state index contributed by atoms with van der Waals surface area (Å²) in [6, 6.07) is 3.72. The number of aliphatic hydroxyl groups is 1. The molecule has 0 radical (unpaired) electrons. The second-order valence-electron chi connectivity index (χ2n) is 3.95. The molecule has 2 rings (SSSR count). The van der Waals surface area contributed by atoms with Gasteiger partial charge in [-0.2, -0.15) is 0 Å². The van der Waals surface area contributed by atoms with Crippen LogP contribution in [0.1, 0.15) is 30.7 Å². The summed E-state index contributed by atoms with van der Waals surface area (Å²) in [5, 5.41) is 9.88. The van der Waals surface area contributed by atoms with Gasteiger partial charge in [0.1, 0.15) is 0 Å². The van der Waals surface area contributed by atoms with Crippen molar-refractivity contribution in [1.82, 2.24) is 4.98 Å². The number of fused-ring (bicyclic) bond motifs is 1. The quantitative estimate of drug-likeness (QED) is 0.763. The molecule has 1 aromatic heterocycles. The summed E-state index contributed by atoms with van der Waals surface area (Å²) in [4.78, 5) is 15.7. The molecule has 0 unspecified atom stereocenters. The van der Waals surface area contributed by atoms with Crippen LogP contribution in [-0.4, -0.2) is 22.7 Å². The highest BCUT2D eigenvalue weighted by molar-refractivity contribution is 5.73. The average molecular weight is 221 g/mol. The van der Waals surface area contributed by atoms with Gasteiger partial charge in [-0.1, -0.05) is 6.07 Å².